The number of phenols is 1. The van der Waals surface area contributed by atoms with Gasteiger partial charge in [-0.15, -0.1) is 0 Å². The van der Waals surface area contributed by atoms with Crippen LogP contribution in [0.25, 0.3) is 0 Å². The Kier molecular flexibility index (Phi) is 4.70. The van der Waals surface area contributed by atoms with E-state index in [9.17, 15) is 23.1 Å². The zero-order chi connectivity index (χ0) is 16.3. The Hall–Kier alpha value is -2.09. The van der Waals surface area contributed by atoms with Crippen LogP contribution in [0.4, 0.5) is 0 Å². The SMILES string of the molecule is CN(C(=O)COC(=O)c1cccc(O)c1)[C@@H]1CCS(=O)(=O)C1. The van der Waals surface area contributed by atoms with Crippen molar-refractivity contribution in [2.75, 3.05) is 25.2 Å². The predicted molar refractivity (Wildman–Crippen MR) is 78.2 cm³/mol. The molecule has 0 saturated carbocycles. The van der Waals surface area contributed by atoms with Crippen molar-refractivity contribution in [1.82, 2.24) is 4.90 Å². The van der Waals surface area contributed by atoms with Crippen LogP contribution in [-0.2, 0) is 19.4 Å². The number of nitrogens with zero attached hydrogens (tertiary/aromatic N) is 1. The summed E-state index contributed by atoms with van der Waals surface area (Å²) in [5, 5.41) is 9.28. The molecular weight excluding hydrogens is 310 g/mol. The standard InChI is InChI=1S/C14H17NO6S/c1-15(11-5-6-22(19,20)9-11)13(17)8-21-14(18)10-3-2-4-12(16)7-10/h2-4,7,11,16H,5-6,8-9H2,1H3/t11-/m1/s1. The average Bonchev–Trinajstić information content (AvgIpc) is 2.83. The molecule has 1 aliphatic rings. The summed E-state index contributed by atoms with van der Waals surface area (Å²) < 4.78 is 27.7. The molecule has 0 radical (unpaired) electrons. The molecule has 1 heterocycles. The first-order valence-corrected chi connectivity index (χ1v) is 8.53. The number of hydrogen-bond donors (Lipinski definition) is 1. The minimum Gasteiger partial charge on any atom is -0.508 e. The second kappa shape index (κ2) is 6.35. The highest BCUT2D eigenvalue weighted by Crippen LogP contribution is 2.17. The number of likely N-dealkylation sites (N-methyl/N-ethyl adjacent to an activating group) is 1. The van der Waals surface area contributed by atoms with Crippen molar-refractivity contribution < 1.29 is 27.9 Å². The van der Waals surface area contributed by atoms with E-state index in [0.29, 0.717) is 6.42 Å². The number of hydrogen-bond acceptors (Lipinski definition) is 6. The number of amides is 1. The summed E-state index contributed by atoms with van der Waals surface area (Å²) in [5.74, 6) is -1.25. The molecular formula is C14H17NO6S. The first kappa shape index (κ1) is 16.3. The predicted octanol–water partition coefficient (Wildman–Crippen LogP) is 0.195. The molecule has 1 N–H and O–H groups in total. The van der Waals surface area contributed by atoms with E-state index in [0.717, 1.165) is 0 Å². The maximum absolute atomic E-state index is 11.9. The minimum atomic E-state index is -3.08. The molecule has 1 aliphatic heterocycles. The van der Waals surface area contributed by atoms with E-state index in [1.54, 1.807) is 0 Å². The van der Waals surface area contributed by atoms with Crippen LogP contribution in [0, 0.1) is 0 Å². The van der Waals surface area contributed by atoms with Crippen LogP contribution in [0.1, 0.15) is 16.8 Å². The van der Waals surface area contributed by atoms with Gasteiger partial charge in [-0.25, -0.2) is 13.2 Å². The van der Waals surface area contributed by atoms with Gasteiger partial charge in [-0.05, 0) is 24.6 Å². The third kappa shape index (κ3) is 3.97. The van der Waals surface area contributed by atoms with Crippen molar-refractivity contribution in [2.24, 2.45) is 0 Å². The van der Waals surface area contributed by atoms with Gasteiger partial charge in [0.2, 0.25) is 0 Å². The molecule has 0 unspecified atom stereocenters. The van der Waals surface area contributed by atoms with Gasteiger partial charge < -0.3 is 14.7 Å². The molecule has 0 aliphatic carbocycles. The third-order valence-electron chi connectivity index (χ3n) is 3.56. The Morgan fingerprint density at radius 1 is 1.41 bits per heavy atom. The molecule has 0 bridgehead atoms. The molecule has 1 amide bonds. The quantitative estimate of drug-likeness (QED) is 0.793. The fraction of sp³-hybridized carbons (Fsp3) is 0.429. The molecule has 1 fully saturated rings. The van der Waals surface area contributed by atoms with E-state index < -0.39 is 28.3 Å². The zero-order valence-electron chi connectivity index (χ0n) is 12.1. The fourth-order valence-corrected chi connectivity index (χ4v) is 4.00. The summed E-state index contributed by atoms with van der Waals surface area (Å²) in [5.41, 5.74) is 0.138. The second-order valence-electron chi connectivity index (χ2n) is 5.19. The van der Waals surface area contributed by atoms with Crippen LogP contribution in [0.3, 0.4) is 0 Å². The van der Waals surface area contributed by atoms with Crippen molar-refractivity contribution in [2.45, 2.75) is 12.5 Å². The highest BCUT2D eigenvalue weighted by atomic mass is 32.2. The van der Waals surface area contributed by atoms with Crippen LogP contribution < -0.4 is 0 Å². The van der Waals surface area contributed by atoms with Gasteiger partial charge in [-0.2, -0.15) is 0 Å². The van der Waals surface area contributed by atoms with Crippen LogP contribution in [-0.4, -0.2) is 61.5 Å². The molecule has 1 aromatic rings. The molecule has 22 heavy (non-hydrogen) atoms. The first-order chi connectivity index (χ1) is 10.3. The summed E-state index contributed by atoms with van der Waals surface area (Å²) >= 11 is 0. The number of carbonyl (C=O) groups is 2. The lowest BCUT2D eigenvalue weighted by atomic mass is 10.2. The van der Waals surface area contributed by atoms with E-state index >= 15 is 0 Å². The number of phenolic OH excluding ortho intramolecular Hbond substituents is 1. The van der Waals surface area contributed by atoms with E-state index in [-0.39, 0.29) is 28.9 Å². The Morgan fingerprint density at radius 3 is 2.73 bits per heavy atom. The summed E-state index contributed by atoms with van der Waals surface area (Å²) in [6.45, 7) is -0.471. The van der Waals surface area contributed by atoms with Gasteiger partial charge in [0, 0.05) is 13.1 Å². The average molecular weight is 327 g/mol. The van der Waals surface area contributed by atoms with Crippen molar-refractivity contribution in [3.05, 3.63) is 29.8 Å². The summed E-state index contributed by atoms with van der Waals surface area (Å²) in [6, 6.07) is 5.22. The van der Waals surface area contributed by atoms with Crippen molar-refractivity contribution in [1.29, 1.82) is 0 Å². The lowest BCUT2D eigenvalue weighted by Crippen LogP contribution is -2.40. The molecule has 0 spiro atoms. The molecule has 120 valence electrons. The number of aromatic hydroxyl groups is 1. The maximum atomic E-state index is 11.9. The smallest absolute Gasteiger partial charge is 0.338 e. The summed E-state index contributed by atoms with van der Waals surface area (Å²) in [7, 11) is -1.59. The van der Waals surface area contributed by atoms with Crippen LogP contribution >= 0.6 is 0 Å². The molecule has 1 atom stereocenters. The second-order valence-corrected chi connectivity index (χ2v) is 7.42. The van der Waals surface area contributed by atoms with Gasteiger partial charge in [0.25, 0.3) is 5.91 Å². The molecule has 7 nitrogen and oxygen atoms in total. The van der Waals surface area contributed by atoms with Gasteiger partial charge in [-0.1, -0.05) is 6.07 Å². The van der Waals surface area contributed by atoms with E-state index in [4.69, 9.17) is 4.74 Å². The lowest BCUT2D eigenvalue weighted by Gasteiger charge is -2.23. The highest BCUT2D eigenvalue weighted by Gasteiger charge is 2.32. The molecule has 0 aromatic heterocycles. The highest BCUT2D eigenvalue weighted by molar-refractivity contribution is 7.91. The molecule has 1 aromatic carbocycles. The van der Waals surface area contributed by atoms with E-state index in [1.807, 2.05) is 0 Å². The Labute approximate surface area is 128 Å². The number of rotatable bonds is 4. The summed E-state index contributed by atoms with van der Waals surface area (Å²) in [6.07, 6.45) is 0.394. The van der Waals surface area contributed by atoms with E-state index in [1.165, 1.54) is 36.2 Å². The van der Waals surface area contributed by atoms with Crippen LogP contribution in [0.5, 0.6) is 5.75 Å². The molecule has 8 heteroatoms. The van der Waals surface area contributed by atoms with Crippen molar-refractivity contribution in [3.8, 4) is 5.75 Å². The van der Waals surface area contributed by atoms with Gasteiger partial charge in [0.05, 0.1) is 17.1 Å². The molecule has 1 saturated heterocycles. The Morgan fingerprint density at radius 2 is 2.14 bits per heavy atom. The lowest BCUT2D eigenvalue weighted by molar-refractivity contribution is -0.134. The Bertz CT molecular complexity index is 684. The number of benzene rings is 1. The number of esters is 1. The van der Waals surface area contributed by atoms with Gasteiger partial charge in [0.1, 0.15) is 5.75 Å². The minimum absolute atomic E-state index is 0.0598. The third-order valence-corrected chi connectivity index (χ3v) is 5.31. The van der Waals surface area contributed by atoms with Crippen molar-refractivity contribution in [3.63, 3.8) is 0 Å². The first-order valence-electron chi connectivity index (χ1n) is 6.71. The fourth-order valence-electron chi connectivity index (χ4n) is 2.23. The normalized spacial score (nSPS) is 19.6. The Balaban J connectivity index is 1.88. The zero-order valence-corrected chi connectivity index (χ0v) is 12.9. The topological polar surface area (TPSA) is 101 Å². The van der Waals surface area contributed by atoms with Crippen LogP contribution in [0.15, 0.2) is 24.3 Å². The number of carbonyl (C=O) groups excluding carboxylic acids is 2. The maximum Gasteiger partial charge on any atom is 0.338 e. The number of sulfone groups is 1. The largest absolute Gasteiger partial charge is 0.508 e. The van der Waals surface area contributed by atoms with Gasteiger partial charge >= 0.3 is 5.97 Å². The van der Waals surface area contributed by atoms with E-state index in [2.05, 4.69) is 0 Å². The summed E-state index contributed by atoms with van der Waals surface area (Å²) in [4.78, 5) is 25.0. The van der Waals surface area contributed by atoms with Crippen molar-refractivity contribution >= 4 is 21.7 Å². The number of ether oxygens (including phenoxy) is 1. The monoisotopic (exact) mass is 327 g/mol. The van der Waals surface area contributed by atoms with Gasteiger partial charge in [-0.3, -0.25) is 4.79 Å². The van der Waals surface area contributed by atoms with Crippen LogP contribution in [0.2, 0.25) is 0 Å². The molecule has 2 rings (SSSR count). The van der Waals surface area contributed by atoms with Gasteiger partial charge in [0.15, 0.2) is 16.4 Å².